The highest BCUT2D eigenvalue weighted by Crippen LogP contribution is 2.19. The fraction of sp³-hybridized carbons (Fsp3) is 0.133. The van der Waals surface area contributed by atoms with Crippen molar-refractivity contribution < 1.29 is 14.3 Å². The molecule has 0 radical (unpaired) electrons. The number of phenolic OH excluding ortho intramolecular Hbond substituents is 1. The molecule has 0 aromatic heterocycles. The summed E-state index contributed by atoms with van der Waals surface area (Å²) in [5, 5.41) is 12.1. The molecule has 4 N–H and O–H groups in total. The van der Waals surface area contributed by atoms with E-state index >= 15 is 0 Å². The van der Waals surface area contributed by atoms with Gasteiger partial charge in [-0.3, -0.25) is 4.79 Å². The molecule has 2 rings (SSSR count). The second kappa shape index (κ2) is 5.61. The van der Waals surface area contributed by atoms with Crippen molar-refractivity contribution in [2.24, 2.45) is 0 Å². The Balaban J connectivity index is 2.13. The minimum absolute atomic E-state index is 0.00239. The Labute approximate surface area is 116 Å². The van der Waals surface area contributed by atoms with Gasteiger partial charge in [0.25, 0.3) is 5.91 Å². The van der Waals surface area contributed by atoms with Gasteiger partial charge >= 0.3 is 0 Å². The van der Waals surface area contributed by atoms with Gasteiger partial charge in [-0.05, 0) is 42.8 Å². The molecule has 0 fully saturated rings. The van der Waals surface area contributed by atoms with Gasteiger partial charge in [-0.15, -0.1) is 0 Å². The van der Waals surface area contributed by atoms with Crippen LogP contribution < -0.4 is 11.1 Å². The number of carbonyl (C=O) groups excluding carboxylic acids is 1. The lowest BCUT2D eigenvalue weighted by molar-refractivity contribution is 0.0939. The summed E-state index contributed by atoms with van der Waals surface area (Å²) >= 11 is 0. The monoisotopic (exact) mass is 274 g/mol. The van der Waals surface area contributed by atoms with Crippen molar-refractivity contribution in [3.8, 4) is 5.75 Å². The number of hydrogen-bond donors (Lipinski definition) is 3. The van der Waals surface area contributed by atoms with Gasteiger partial charge in [-0.25, -0.2) is 4.39 Å². The summed E-state index contributed by atoms with van der Waals surface area (Å²) in [5.41, 5.74) is 6.32. The van der Waals surface area contributed by atoms with Crippen molar-refractivity contribution >= 4 is 11.6 Å². The predicted molar refractivity (Wildman–Crippen MR) is 74.8 cm³/mol. The minimum Gasteiger partial charge on any atom is -0.508 e. The van der Waals surface area contributed by atoms with E-state index in [0.29, 0.717) is 0 Å². The molecule has 0 heterocycles. The molecular formula is C15H15FN2O2. The summed E-state index contributed by atoms with van der Waals surface area (Å²) in [6.45, 7) is 1.78. The molecule has 0 saturated carbocycles. The molecule has 0 bridgehead atoms. The summed E-state index contributed by atoms with van der Waals surface area (Å²) in [4.78, 5) is 12.0. The highest BCUT2D eigenvalue weighted by molar-refractivity contribution is 5.94. The quantitative estimate of drug-likeness (QED) is 0.753. The average molecular weight is 274 g/mol. The molecule has 1 atom stereocenters. The van der Waals surface area contributed by atoms with Crippen molar-refractivity contribution in [1.82, 2.24) is 5.32 Å². The molecule has 0 aliphatic carbocycles. The van der Waals surface area contributed by atoms with Gasteiger partial charge in [-0.1, -0.05) is 12.1 Å². The predicted octanol–water partition coefficient (Wildman–Crippen LogP) is 2.60. The highest BCUT2D eigenvalue weighted by atomic mass is 19.1. The molecule has 20 heavy (non-hydrogen) atoms. The van der Waals surface area contributed by atoms with Crippen LogP contribution in [0.5, 0.6) is 5.75 Å². The number of anilines is 1. The van der Waals surface area contributed by atoms with Gasteiger partial charge < -0.3 is 16.2 Å². The molecule has 2 aromatic rings. The Kier molecular flexibility index (Phi) is 3.89. The summed E-state index contributed by atoms with van der Waals surface area (Å²) in [6, 6.07) is 10.2. The Hall–Kier alpha value is -2.56. The molecule has 4 nitrogen and oxygen atoms in total. The molecule has 1 unspecified atom stereocenters. The van der Waals surface area contributed by atoms with E-state index in [4.69, 9.17) is 5.73 Å². The van der Waals surface area contributed by atoms with Gasteiger partial charge in [0.05, 0.1) is 11.7 Å². The van der Waals surface area contributed by atoms with Gasteiger partial charge in [0.15, 0.2) is 0 Å². The van der Waals surface area contributed by atoms with E-state index < -0.39 is 11.7 Å². The van der Waals surface area contributed by atoms with E-state index in [9.17, 15) is 14.3 Å². The van der Waals surface area contributed by atoms with E-state index in [1.165, 1.54) is 12.1 Å². The van der Waals surface area contributed by atoms with Crippen LogP contribution in [0.4, 0.5) is 10.1 Å². The first-order valence-electron chi connectivity index (χ1n) is 6.12. The van der Waals surface area contributed by atoms with Crippen LogP contribution in [-0.4, -0.2) is 11.0 Å². The lowest BCUT2D eigenvalue weighted by Crippen LogP contribution is -2.26. The maximum absolute atomic E-state index is 13.3. The topological polar surface area (TPSA) is 75.4 Å². The van der Waals surface area contributed by atoms with Gasteiger partial charge in [0.1, 0.15) is 11.6 Å². The Morgan fingerprint density at radius 2 is 2.05 bits per heavy atom. The van der Waals surface area contributed by atoms with Crippen LogP contribution in [0.15, 0.2) is 42.5 Å². The zero-order chi connectivity index (χ0) is 14.7. The lowest BCUT2D eigenvalue weighted by Gasteiger charge is -2.14. The van der Waals surface area contributed by atoms with E-state index in [2.05, 4.69) is 5.32 Å². The van der Waals surface area contributed by atoms with Crippen molar-refractivity contribution in [2.75, 3.05) is 5.73 Å². The van der Waals surface area contributed by atoms with Crippen LogP contribution >= 0.6 is 0 Å². The second-order valence-corrected chi connectivity index (χ2v) is 4.53. The third kappa shape index (κ3) is 3.06. The van der Waals surface area contributed by atoms with E-state index in [1.807, 2.05) is 0 Å². The van der Waals surface area contributed by atoms with Gasteiger partial charge in [-0.2, -0.15) is 0 Å². The number of nitrogens with one attached hydrogen (secondary N) is 1. The molecule has 1 amide bonds. The lowest BCUT2D eigenvalue weighted by atomic mass is 10.1. The highest BCUT2D eigenvalue weighted by Gasteiger charge is 2.13. The van der Waals surface area contributed by atoms with Crippen LogP contribution in [0.2, 0.25) is 0 Å². The molecule has 104 valence electrons. The van der Waals surface area contributed by atoms with Gasteiger partial charge in [0.2, 0.25) is 0 Å². The maximum Gasteiger partial charge on any atom is 0.251 e. The molecule has 0 aliphatic heterocycles. The maximum atomic E-state index is 13.3. The molecule has 0 spiro atoms. The zero-order valence-corrected chi connectivity index (χ0v) is 10.9. The van der Waals surface area contributed by atoms with Crippen LogP contribution in [0, 0.1) is 5.82 Å². The molecule has 5 heteroatoms. The fourth-order valence-corrected chi connectivity index (χ4v) is 1.83. The van der Waals surface area contributed by atoms with E-state index in [1.54, 1.807) is 31.2 Å². The van der Waals surface area contributed by atoms with E-state index in [-0.39, 0.29) is 23.0 Å². The fourth-order valence-electron chi connectivity index (χ4n) is 1.83. The van der Waals surface area contributed by atoms with Crippen LogP contribution in [0.25, 0.3) is 0 Å². The smallest absolute Gasteiger partial charge is 0.251 e. The largest absolute Gasteiger partial charge is 0.508 e. The van der Waals surface area contributed by atoms with Crippen molar-refractivity contribution in [3.63, 3.8) is 0 Å². The molecule has 0 aliphatic rings. The zero-order valence-electron chi connectivity index (χ0n) is 10.9. The first-order chi connectivity index (χ1) is 9.47. The summed E-state index contributed by atoms with van der Waals surface area (Å²) in [7, 11) is 0. The normalized spacial score (nSPS) is 11.9. The number of benzene rings is 2. The van der Waals surface area contributed by atoms with Crippen molar-refractivity contribution in [3.05, 3.63) is 59.4 Å². The minimum atomic E-state index is -0.623. The standard InChI is InChI=1S/C15H15FN2O2/c1-9(10-3-2-4-12(19)7-10)18-15(20)11-5-6-14(17)13(16)8-11/h2-9,19H,17H2,1H3,(H,18,20). The molecular weight excluding hydrogens is 259 g/mol. The van der Waals surface area contributed by atoms with Crippen molar-refractivity contribution in [1.29, 1.82) is 0 Å². The van der Waals surface area contributed by atoms with Crippen LogP contribution in [0.3, 0.4) is 0 Å². The number of carbonyl (C=O) groups is 1. The number of nitrogens with two attached hydrogens (primary N) is 1. The first-order valence-corrected chi connectivity index (χ1v) is 6.12. The summed E-state index contributed by atoms with van der Waals surface area (Å²) in [6.07, 6.45) is 0. The molecule has 2 aromatic carbocycles. The average Bonchev–Trinajstić information content (AvgIpc) is 2.41. The Bertz CT molecular complexity index is 644. The number of rotatable bonds is 3. The van der Waals surface area contributed by atoms with Crippen LogP contribution in [0.1, 0.15) is 28.9 Å². The number of hydrogen-bond acceptors (Lipinski definition) is 3. The third-order valence-corrected chi connectivity index (χ3v) is 2.98. The number of nitrogen functional groups attached to an aromatic ring is 1. The number of phenols is 1. The summed E-state index contributed by atoms with van der Waals surface area (Å²) < 4.78 is 13.3. The molecule has 0 saturated heterocycles. The SMILES string of the molecule is CC(NC(=O)c1ccc(N)c(F)c1)c1cccc(O)c1. The van der Waals surface area contributed by atoms with Gasteiger partial charge in [0, 0.05) is 5.56 Å². The van der Waals surface area contributed by atoms with E-state index in [0.717, 1.165) is 11.6 Å². The number of amides is 1. The third-order valence-electron chi connectivity index (χ3n) is 2.98. The second-order valence-electron chi connectivity index (χ2n) is 4.53. The number of halogens is 1. The Morgan fingerprint density at radius 1 is 1.30 bits per heavy atom. The Morgan fingerprint density at radius 3 is 2.70 bits per heavy atom. The van der Waals surface area contributed by atoms with Crippen molar-refractivity contribution in [2.45, 2.75) is 13.0 Å². The van der Waals surface area contributed by atoms with Crippen LogP contribution in [-0.2, 0) is 0 Å². The number of aromatic hydroxyl groups is 1. The summed E-state index contributed by atoms with van der Waals surface area (Å²) in [5.74, 6) is -0.899. The first kappa shape index (κ1) is 13.9.